The molecule has 0 saturated carbocycles. The smallest absolute Gasteiger partial charge is 0.224 e. The Morgan fingerprint density at radius 2 is 1.80 bits per heavy atom. The van der Waals surface area contributed by atoms with Crippen molar-refractivity contribution < 1.29 is 14.0 Å². The average molecular weight is 416 g/mol. The molecule has 3 fully saturated rings. The van der Waals surface area contributed by atoms with Crippen LogP contribution < -0.4 is 0 Å². The van der Waals surface area contributed by atoms with Gasteiger partial charge >= 0.3 is 0 Å². The normalized spacial score (nSPS) is 25.7. The number of hydrogen-bond acceptors (Lipinski definition) is 3. The Bertz CT molecular complexity index is 753. The number of piperidine rings is 1. The van der Waals surface area contributed by atoms with Crippen LogP contribution in [0.25, 0.3) is 0 Å². The van der Waals surface area contributed by atoms with Gasteiger partial charge in [0.25, 0.3) is 0 Å². The van der Waals surface area contributed by atoms with Crippen molar-refractivity contribution in [2.45, 2.75) is 57.9 Å². The summed E-state index contributed by atoms with van der Waals surface area (Å²) >= 11 is 0. The molecule has 0 aromatic heterocycles. The second kappa shape index (κ2) is 9.46. The molecule has 3 aliphatic heterocycles. The maximum atomic E-state index is 13.2. The molecule has 164 valence electrons. The third-order valence-electron chi connectivity index (χ3n) is 7.12. The molecule has 1 aromatic carbocycles. The summed E-state index contributed by atoms with van der Waals surface area (Å²) in [4.78, 5) is 31.4. The van der Waals surface area contributed by atoms with E-state index in [2.05, 4.69) is 4.90 Å². The lowest BCUT2D eigenvalue weighted by Gasteiger charge is -2.40. The summed E-state index contributed by atoms with van der Waals surface area (Å²) in [5.41, 5.74) is 1.33. The predicted octanol–water partition coefficient (Wildman–Crippen LogP) is 3.43. The molecular formula is C24H34FN3O2. The Morgan fingerprint density at radius 3 is 2.63 bits per heavy atom. The van der Waals surface area contributed by atoms with Crippen molar-refractivity contribution in [2.75, 3.05) is 39.3 Å². The van der Waals surface area contributed by atoms with Gasteiger partial charge in [0.2, 0.25) is 11.8 Å². The Hall–Kier alpha value is -1.95. The van der Waals surface area contributed by atoms with Gasteiger partial charge in [-0.15, -0.1) is 0 Å². The summed E-state index contributed by atoms with van der Waals surface area (Å²) in [6.45, 7) is 5.93. The highest BCUT2D eigenvalue weighted by Gasteiger charge is 2.42. The first-order valence-electron chi connectivity index (χ1n) is 11.6. The first-order chi connectivity index (χ1) is 14.5. The molecule has 2 amide bonds. The fourth-order valence-electron chi connectivity index (χ4n) is 5.44. The number of benzene rings is 1. The molecule has 6 heteroatoms. The van der Waals surface area contributed by atoms with Crippen molar-refractivity contribution in [1.82, 2.24) is 14.7 Å². The number of hydrogen-bond donors (Lipinski definition) is 0. The Balaban J connectivity index is 1.28. The van der Waals surface area contributed by atoms with E-state index in [-0.39, 0.29) is 23.0 Å². The summed E-state index contributed by atoms with van der Waals surface area (Å²) in [5.74, 6) is 0.210. The van der Waals surface area contributed by atoms with E-state index in [0.717, 1.165) is 76.9 Å². The van der Waals surface area contributed by atoms with E-state index in [0.29, 0.717) is 19.4 Å². The van der Waals surface area contributed by atoms with Crippen LogP contribution in [-0.4, -0.2) is 65.8 Å². The molecule has 1 unspecified atom stereocenters. The monoisotopic (exact) mass is 415 g/mol. The van der Waals surface area contributed by atoms with E-state index in [9.17, 15) is 14.0 Å². The van der Waals surface area contributed by atoms with E-state index >= 15 is 0 Å². The third kappa shape index (κ3) is 5.20. The lowest BCUT2D eigenvalue weighted by molar-refractivity contribution is -0.134. The first-order valence-corrected chi connectivity index (χ1v) is 11.6. The largest absolute Gasteiger partial charge is 0.342 e. The molecule has 30 heavy (non-hydrogen) atoms. The van der Waals surface area contributed by atoms with Crippen LogP contribution in [0.5, 0.6) is 0 Å². The van der Waals surface area contributed by atoms with Crippen LogP contribution in [0.2, 0.25) is 0 Å². The van der Waals surface area contributed by atoms with Crippen LogP contribution in [0.4, 0.5) is 4.39 Å². The molecule has 1 spiro atoms. The highest BCUT2D eigenvalue weighted by molar-refractivity contribution is 5.79. The molecule has 0 N–H and O–H groups in total. The molecular weight excluding hydrogens is 381 g/mol. The van der Waals surface area contributed by atoms with Crippen LogP contribution >= 0.6 is 0 Å². The Kier molecular flexibility index (Phi) is 6.71. The van der Waals surface area contributed by atoms with Gasteiger partial charge in [-0.2, -0.15) is 0 Å². The van der Waals surface area contributed by atoms with Gasteiger partial charge in [0.1, 0.15) is 5.82 Å². The minimum atomic E-state index is -0.194. The standard InChI is InChI=1S/C24H34FN3O2/c25-21-8-6-20(7-9-21)17-26-13-4-11-24(18-26)12-16-28(19-24)23(30)10-15-27-14-3-1-2-5-22(27)29/h6-9H,1-5,10-19H2. The zero-order chi connectivity index (χ0) is 21.0. The predicted molar refractivity (Wildman–Crippen MR) is 114 cm³/mol. The minimum Gasteiger partial charge on any atom is -0.342 e. The van der Waals surface area contributed by atoms with Gasteiger partial charge in [0.15, 0.2) is 0 Å². The number of rotatable bonds is 5. The number of halogens is 1. The number of likely N-dealkylation sites (tertiary alicyclic amines) is 3. The van der Waals surface area contributed by atoms with Crippen molar-refractivity contribution in [3.63, 3.8) is 0 Å². The molecule has 1 aromatic rings. The molecule has 3 aliphatic rings. The Morgan fingerprint density at radius 1 is 0.967 bits per heavy atom. The summed E-state index contributed by atoms with van der Waals surface area (Å²) < 4.78 is 13.2. The lowest BCUT2D eigenvalue weighted by atomic mass is 9.79. The zero-order valence-electron chi connectivity index (χ0n) is 18.0. The number of amides is 2. The van der Waals surface area contributed by atoms with Crippen molar-refractivity contribution in [2.24, 2.45) is 5.41 Å². The van der Waals surface area contributed by atoms with Crippen LogP contribution in [0.1, 0.15) is 56.9 Å². The van der Waals surface area contributed by atoms with Crippen LogP contribution in [0.15, 0.2) is 24.3 Å². The molecule has 1 atom stereocenters. The minimum absolute atomic E-state index is 0.187. The van der Waals surface area contributed by atoms with Crippen molar-refractivity contribution in [3.8, 4) is 0 Å². The maximum absolute atomic E-state index is 13.2. The van der Waals surface area contributed by atoms with Gasteiger partial charge in [-0.1, -0.05) is 18.6 Å². The SMILES string of the molecule is O=C1CCCCCN1CCC(=O)N1CCC2(CCCN(Cc3ccc(F)cc3)C2)C1. The first kappa shape index (κ1) is 21.3. The van der Waals surface area contributed by atoms with Crippen LogP contribution in [0.3, 0.4) is 0 Å². The number of carbonyl (C=O) groups is 2. The van der Waals surface area contributed by atoms with Crippen molar-refractivity contribution >= 4 is 11.8 Å². The summed E-state index contributed by atoms with van der Waals surface area (Å²) in [7, 11) is 0. The summed E-state index contributed by atoms with van der Waals surface area (Å²) in [6, 6.07) is 6.79. The van der Waals surface area contributed by atoms with E-state index < -0.39 is 0 Å². The molecule has 5 nitrogen and oxygen atoms in total. The number of nitrogens with zero attached hydrogens (tertiary/aromatic N) is 3. The van der Waals surface area contributed by atoms with Gasteiger partial charge in [-0.05, 0) is 56.3 Å². The van der Waals surface area contributed by atoms with Gasteiger partial charge in [-0.25, -0.2) is 4.39 Å². The number of carbonyl (C=O) groups excluding carboxylic acids is 2. The molecule has 0 bridgehead atoms. The molecule has 0 radical (unpaired) electrons. The highest BCUT2D eigenvalue weighted by atomic mass is 19.1. The zero-order valence-corrected chi connectivity index (χ0v) is 18.0. The second-order valence-electron chi connectivity index (χ2n) is 9.45. The van der Waals surface area contributed by atoms with Gasteiger partial charge < -0.3 is 9.80 Å². The van der Waals surface area contributed by atoms with E-state index in [1.807, 2.05) is 21.9 Å². The van der Waals surface area contributed by atoms with E-state index in [4.69, 9.17) is 0 Å². The van der Waals surface area contributed by atoms with Gasteiger partial charge in [0.05, 0.1) is 0 Å². The highest BCUT2D eigenvalue weighted by Crippen LogP contribution is 2.39. The van der Waals surface area contributed by atoms with Crippen LogP contribution in [-0.2, 0) is 16.1 Å². The van der Waals surface area contributed by atoms with E-state index in [1.165, 1.54) is 18.6 Å². The fourth-order valence-corrected chi connectivity index (χ4v) is 5.44. The van der Waals surface area contributed by atoms with Gasteiger partial charge in [-0.3, -0.25) is 14.5 Å². The maximum Gasteiger partial charge on any atom is 0.224 e. The molecule has 0 aliphatic carbocycles. The van der Waals surface area contributed by atoms with Crippen molar-refractivity contribution in [3.05, 3.63) is 35.6 Å². The molecule has 3 heterocycles. The Labute approximate surface area is 179 Å². The average Bonchev–Trinajstić information content (AvgIpc) is 3.02. The lowest BCUT2D eigenvalue weighted by Crippen LogP contribution is -2.45. The quantitative estimate of drug-likeness (QED) is 0.740. The second-order valence-corrected chi connectivity index (χ2v) is 9.45. The van der Waals surface area contributed by atoms with Crippen LogP contribution in [0, 0.1) is 11.2 Å². The summed E-state index contributed by atoms with van der Waals surface area (Å²) in [5, 5.41) is 0. The van der Waals surface area contributed by atoms with Crippen molar-refractivity contribution in [1.29, 1.82) is 0 Å². The summed E-state index contributed by atoms with van der Waals surface area (Å²) in [6.07, 6.45) is 7.59. The molecule has 3 saturated heterocycles. The topological polar surface area (TPSA) is 43.9 Å². The fraction of sp³-hybridized carbons (Fsp3) is 0.667. The van der Waals surface area contributed by atoms with E-state index in [1.54, 1.807) is 0 Å². The third-order valence-corrected chi connectivity index (χ3v) is 7.12. The van der Waals surface area contributed by atoms with Gasteiger partial charge in [0, 0.05) is 57.5 Å². The molecule has 4 rings (SSSR count).